The summed E-state index contributed by atoms with van der Waals surface area (Å²) in [7, 11) is 0. The van der Waals surface area contributed by atoms with Crippen LogP contribution in [0.15, 0.2) is 97.1 Å². The molecule has 0 saturated carbocycles. The van der Waals surface area contributed by atoms with Gasteiger partial charge >= 0.3 is 0 Å². The third-order valence-electron chi connectivity index (χ3n) is 5.45. The molecule has 4 aromatic rings. The summed E-state index contributed by atoms with van der Waals surface area (Å²) in [6.07, 6.45) is 2.22. The predicted molar refractivity (Wildman–Crippen MR) is 108 cm³/mol. The zero-order valence-corrected chi connectivity index (χ0v) is 14.7. The van der Waals surface area contributed by atoms with E-state index in [-0.39, 0.29) is 0 Å². The average molecular weight is 335 g/mol. The fourth-order valence-corrected chi connectivity index (χ4v) is 4.23. The summed E-state index contributed by atoms with van der Waals surface area (Å²) in [5.74, 6) is 0.584. The molecular formula is C25H21N. The highest BCUT2D eigenvalue weighted by molar-refractivity contribution is 5.67. The Hall–Kier alpha value is -3.06. The van der Waals surface area contributed by atoms with E-state index in [2.05, 4.69) is 102 Å². The van der Waals surface area contributed by atoms with E-state index in [1.54, 1.807) is 0 Å². The van der Waals surface area contributed by atoms with E-state index in [0.717, 1.165) is 12.8 Å². The number of para-hydroxylation sites is 1. The molecular weight excluding hydrogens is 314 g/mol. The van der Waals surface area contributed by atoms with E-state index in [1.165, 1.54) is 33.8 Å². The number of rotatable bonds is 3. The van der Waals surface area contributed by atoms with E-state index in [1.807, 2.05) is 0 Å². The standard InChI is InChI=1S/C25H21N/c1-4-10-19(11-5-1)21-16-22-18-24(20-12-6-2-7-13-20)26(25(22)17-21)23-14-8-3-9-15-23/h1-15,18,21H,16-17H2. The molecule has 0 N–H and O–H groups in total. The van der Waals surface area contributed by atoms with Crippen LogP contribution < -0.4 is 0 Å². The highest BCUT2D eigenvalue weighted by Gasteiger charge is 2.28. The maximum atomic E-state index is 2.47. The van der Waals surface area contributed by atoms with Crippen LogP contribution in [0.4, 0.5) is 0 Å². The van der Waals surface area contributed by atoms with E-state index in [0.29, 0.717) is 5.92 Å². The average Bonchev–Trinajstić information content (AvgIpc) is 3.28. The molecule has 3 aromatic carbocycles. The fraction of sp³-hybridized carbons (Fsp3) is 0.120. The molecule has 1 unspecified atom stereocenters. The van der Waals surface area contributed by atoms with Crippen molar-refractivity contribution in [3.63, 3.8) is 0 Å². The van der Waals surface area contributed by atoms with Gasteiger partial charge in [0.15, 0.2) is 0 Å². The van der Waals surface area contributed by atoms with Crippen molar-refractivity contribution >= 4 is 0 Å². The second-order valence-electron chi connectivity index (χ2n) is 7.05. The fourth-order valence-electron chi connectivity index (χ4n) is 4.23. The van der Waals surface area contributed by atoms with Gasteiger partial charge in [0.25, 0.3) is 0 Å². The quantitative estimate of drug-likeness (QED) is 0.431. The minimum atomic E-state index is 0.584. The van der Waals surface area contributed by atoms with Crippen LogP contribution in [-0.4, -0.2) is 4.57 Å². The molecule has 1 heteroatoms. The highest BCUT2D eigenvalue weighted by Crippen LogP contribution is 2.40. The summed E-state index contributed by atoms with van der Waals surface area (Å²) in [4.78, 5) is 0. The van der Waals surface area contributed by atoms with E-state index in [4.69, 9.17) is 0 Å². The molecule has 0 bridgehead atoms. The highest BCUT2D eigenvalue weighted by atomic mass is 15.0. The summed E-state index contributed by atoms with van der Waals surface area (Å²) in [6, 6.07) is 34.8. The van der Waals surface area contributed by atoms with Gasteiger partial charge in [0.2, 0.25) is 0 Å². The maximum Gasteiger partial charge on any atom is 0.0534 e. The molecule has 1 nitrogen and oxygen atoms in total. The van der Waals surface area contributed by atoms with Gasteiger partial charge in [-0.15, -0.1) is 0 Å². The summed E-state index contributed by atoms with van der Waals surface area (Å²) < 4.78 is 2.47. The van der Waals surface area contributed by atoms with E-state index in [9.17, 15) is 0 Å². The summed E-state index contributed by atoms with van der Waals surface area (Å²) in [5, 5.41) is 0. The second kappa shape index (κ2) is 6.34. The summed E-state index contributed by atoms with van der Waals surface area (Å²) >= 11 is 0. The number of aromatic nitrogens is 1. The van der Waals surface area contributed by atoms with Crippen LogP contribution in [0.1, 0.15) is 22.7 Å². The number of fused-ring (bicyclic) bond motifs is 1. The van der Waals surface area contributed by atoms with Crippen molar-refractivity contribution in [3.05, 3.63) is 114 Å². The second-order valence-corrected chi connectivity index (χ2v) is 7.05. The molecule has 0 fully saturated rings. The third kappa shape index (κ3) is 2.57. The largest absolute Gasteiger partial charge is 0.313 e. The Balaban J connectivity index is 1.63. The third-order valence-corrected chi connectivity index (χ3v) is 5.45. The molecule has 0 radical (unpaired) electrons. The monoisotopic (exact) mass is 335 g/mol. The Kier molecular flexibility index (Phi) is 3.71. The summed E-state index contributed by atoms with van der Waals surface area (Å²) in [5.41, 5.74) is 8.23. The number of nitrogens with zero attached hydrogens (tertiary/aromatic N) is 1. The molecule has 1 aliphatic rings. The Morgan fingerprint density at radius 2 is 1.27 bits per heavy atom. The van der Waals surface area contributed by atoms with Gasteiger partial charge < -0.3 is 4.57 Å². The van der Waals surface area contributed by atoms with Crippen molar-refractivity contribution in [2.75, 3.05) is 0 Å². The predicted octanol–water partition coefficient (Wildman–Crippen LogP) is 6.03. The first-order chi connectivity index (χ1) is 12.9. The summed E-state index contributed by atoms with van der Waals surface area (Å²) in [6.45, 7) is 0. The molecule has 5 rings (SSSR count). The SMILES string of the molecule is c1ccc(-c2cc3c(n2-c2ccccc2)CC(c2ccccc2)C3)cc1. The number of hydrogen-bond donors (Lipinski definition) is 0. The van der Waals surface area contributed by atoms with Crippen LogP contribution in [0.2, 0.25) is 0 Å². The first kappa shape index (κ1) is 15.2. The Morgan fingerprint density at radius 1 is 0.654 bits per heavy atom. The Bertz CT molecular complexity index is 1010. The molecule has 1 aromatic heterocycles. The smallest absolute Gasteiger partial charge is 0.0534 e. The van der Waals surface area contributed by atoms with Crippen molar-refractivity contribution in [1.29, 1.82) is 0 Å². The lowest BCUT2D eigenvalue weighted by Crippen LogP contribution is -2.04. The van der Waals surface area contributed by atoms with Gasteiger partial charge in [0, 0.05) is 11.4 Å². The van der Waals surface area contributed by atoms with Crippen LogP contribution in [0.25, 0.3) is 16.9 Å². The van der Waals surface area contributed by atoms with Crippen LogP contribution in [-0.2, 0) is 12.8 Å². The lowest BCUT2D eigenvalue weighted by molar-refractivity contribution is 0.724. The Labute approximate surface area is 154 Å². The minimum Gasteiger partial charge on any atom is -0.313 e. The zero-order chi connectivity index (χ0) is 17.3. The molecule has 1 atom stereocenters. The molecule has 126 valence electrons. The van der Waals surface area contributed by atoms with E-state index >= 15 is 0 Å². The van der Waals surface area contributed by atoms with Gasteiger partial charge in [-0.25, -0.2) is 0 Å². The lowest BCUT2D eigenvalue weighted by atomic mass is 9.96. The lowest BCUT2D eigenvalue weighted by Gasteiger charge is -2.15. The van der Waals surface area contributed by atoms with Gasteiger partial charge in [-0.05, 0) is 53.6 Å². The molecule has 26 heavy (non-hydrogen) atoms. The first-order valence-electron chi connectivity index (χ1n) is 9.29. The van der Waals surface area contributed by atoms with Crippen LogP contribution in [0.5, 0.6) is 0 Å². The van der Waals surface area contributed by atoms with Crippen molar-refractivity contribution < 1.29 is 0 Å². The maximum absolute atomic E-state index is 2.47. The number of benzene rings is 3. The Morgan fingerprint density at radius 3 is 1.96 bits per heavy atom. The number of hydrogen-bond acceptors (Lipinski definition) is 0. The van der Waals surface area contributed by atoms with Crippen molar-refractivity contribution in [3.8, 4) is 16.9 Å². The van der Waals surface area contributed by atoms with Gasteiger partial charge in [-0.1, -0.05) is 78.9 Å². The van der Waals surface area contributed by atoms with Gasteiger partial charge in [-0.2, -0.15) is 0 Å². The van der Waals surface area contributed by atoms with Gasteiger partial charge in [-0.3, -0.25) is 0 Å². The molecule has 1 heterocycles. The topological polar surface area (TPSA) is 4.93 Å². The van der Waals surface area contributed by atoms with Crippen molar-refractivity contribution in [2.24, 2.45) is 0 Å². The molecule has 1 aliphatic carbocycles. The zero-order valence-electron chi connectivity index (χ0n) is 14.7. The van der Waals surface area contributed by atoms with Crippen LogP contribution >= 0.6 is 0 Å². The van der Waals surface area contributed by atoms with Gasteiger partial charge in [0.05, 0.1) is 5.69 Å². The molecule has 0 amide bonds. The van der Waals surface area contributed by atoms with Crippen molar-refractivity contribution in [1.82, 2.24) is 4.57 Å². The van der Waals surface area contributed by atoms with Crippen molar-refractivity contribution in [2.45, 2.75) is 18.8 Å². The molecule has 0 saturated heterocycles. The van der Waals surface area contributed by atoms with E-state index < -0.39 is 0 Å². The molecule has 0 spiro atoms. The first-order valence-corrected chi connectivity index (χ1v) is 9.29. The van der Waals surface area contributed by atoms with Crippen LogP contribution in [0, 0.1) is 0 Å². The minimum absolute atomic E-state index is 0.584. The van der Waals surface area contributed by atoms with Crippen LogP contribution in [0.3, 0.4) is 0 Å². The van der Waals surface area contributed by atoms with Gasteiger partial charge in [0.1, 0.15) is 0 Å². The molecule has 0 aliphatic heterocycles. The normalized spacial score (nSPS) is 15.8.